The molecular weight excluding hydrogens is 735 g/mol. The molecule has 0 bridgehead atoms. The molecule has 4 aromatic carbocycles. The highest BCUT2D eigenvalue weighted by Gasteiger charge is 2.14. The molecule has 0 spiro atoms. The molecule has 0 atom stereocenters. The fourth-order valence-electron chi connectivity index (χ4n) is 6.84. The van der Waals surface area contributed by atoms with Crippen molar-refractivity contribution in [3.05, 3.63) is 109 Å². The summed E-state index contributed by atoms with van der Waals surface area (Å²) in [6.07, 6.45) is 13.8. The molecule has 0 aliphatic heterocycles. The molecule has 1 aromatic heterocycles. The van der Waals surface area contributed by atoms with Gasteiger partial charge >= 0.3 is 0 Å². The van der Waals surface area contributed by atoms with Crippen LogP contribution in [0.1, 0.15) is 89.8 Å². The van der Waals surface area contributed by atoms with E-state index in [4.69, 9.17) is 33.9 Å². The van der Waals surface area contributed by atoms with Crippen LogP contribution in [0.15, 0.2) is 104 Å². The predicted molar refractivity (Wildman–Crippen MR) is 244 cm³/mol. The molecule has 0 unspecified atom stereocenters. The molecule has 5 rings (SSSR count). The molecule has 314 valence electrons. The minimum Gasteiger partial charge on any atom is -0.497 e. The second-order valence-corrected chi connectivity index (χ2v) is 15.3. The van der Waals surface area contributed by atoms with Gasteiger partial charge < -0.3 is 28.7 Å². The molecule has 0 radical (unpaired) electrons. The number of unbranched alkanes of at least 4 members (excludes halogenated alkanes) is 10. The van der Waals surface area contributed by atoms with Crippen molar-refractivity contribution < 1.29 is 18.9 Å². The minimum absolute atomic E-state index is 0.662. The van der Waals surface area contributed by atoms with Crippen LogP contribution in [0.5, 0.6) is 23.0 Å². The maximum Gasteiger partial charge on any atom is 0.230 e. The van der Waals surface area contributed by atoms with E-state index in [-0.39, 0.29) is 0 Å². The molecule has 9 heteroatoms. The van der Waals surface area contributed by atoms with Gasteiger partial charge in [-0.3, -0.25) is 0 Å². The van der Waals surface area contributed by atoms with Gasteiger partial charge in [-0.15, -0.1) is 0 Å². The average Bonchev–Trinajstić information content (AvgIpc) is 3.28. The van der Waals surface area contributed by atoms with Gasteiger partial charge in [0, 0.05) is 27.2 Å². The molecule has 0 aliphatic carbocycles. The molecule has 0 fully saturated rings. The van der Waals surface area contributed by atoms with Crippen molar-refractivity contribution in [2.45, 2.75) is 84.0 Å². The van der Waals surface area contributed by atoms with E-state index in [1.54, 1.807) is 14.2 Å². The molecule has 0 aliphatic rings. The Morgan fingerprint density at radius 2 is 0.746 bits per heavy atom. The summed E-state index contributed by atoms with van der Waals surface area (Å²) in [7, 11) is 7.52. The fourth-order valence-corrected chi connectivity index (χ4v) is 6.84. The van der Waals surface area contributed by atoms with Gasteiger partial charge in [-0.2, -0.15) is 15.0 Å². The van der Waals surface area contributed by atoms with Crippen LogP contribution in [0.2, 0.25) is 0 Å². The molecule has 1 heterocycles. The summed E-state index contributed by atoms with van der Waals surface area (Å²) in [6.45, 7) is 9.37. The van der Waals surface area contributed by atoms with E-state index in [9.17, 15) is 0 Å². The van der Waals surface area contributed by atoms with Gasteiger partial charge in [0.2, 0.25) is 11.9 Å². The van der Waals surface area contributed by atoms with E-state index in [2.05, 4.69) is 103 Å². The van der Waals surface area contributed by atoms with Crippen molar-refractivity contribution in [3.63, 3.8) is 0 Å². The van der Waals surface area contributed by atoms with Gasteiger partial charge in [0.15, 0.2) is 5.82 Å². The van der Waals surface area contributed by atoms with E-state index in [1.807, 2.05) is 31.2 Å². The van der Waals surface area contributed by atoms with Crippen LogP contribution in [-0.4, -0.2) is 69.6 Å². The first-order chi connectivity index (χ1) is 28.8. The second-order valence-electron chi connectivity index (χ2n) is 15.3. The summed E-state index contributed by atoms with van der Waals surface area (Å²) in [5.74, 6) is 5.65. The Morgan fingerprint density at radius 3 is 1.07 bits per heavy atom. The van der Waals surface area contributed by atoms with Crippen LogP contribution in [0.4, 0.5) is 11.9 Å². The topological polar surface area (TPSA) is 82.1 Å². The van der Waals surface area contributed by atoms with Crippen molar-refractivity contribution in [3.8, 4) is 45.3 Å². The highest BCUT2D eigenvalue weighted by atomic mass is 16.5. The van der Waals surface area contributed by atoms with Crippen LogP contribution >= 0.6 is 0 Å². The summed E-state index contributed by atoms with van der Waals surface area (Å²) >= 11 is 0. The zero-order valence-corrected chi connectivity index (χ0v) is 36.1. The number of methoxy groups -OCH3 is 2. The standard InChI is InChI=1S/C50H65N5O4/c1-39(2)48-51-49(54(3)35-15-11-7-9-13-17-37-58-46-31-23-42(24-32-46)40-19-27-44(56-5)28-20-40)53-50(52-48)55(4)36-16-12-8-10-14-18-38-59-47-33-25-43(26-34-47)41-21-29-45(57-6)30-22-41/h19-34H,1,7-18,35-38H2,2-6H3. The van der Waals surface area contributed by atoms with Crippen LogP contribution in [0.3, 0.4) is 0 Å². The third-order valence-electron chi connectivity index (χ3n) is 10.5. The third-order valence-corrected chi connectivity index (χ3v) is 10.5. The lowest BCUT2D eigenvalue weighted by atomic mass is 10.1. The number of aromatic nitrogens is 3. The SMILES string of the molecule is C=C(C)c1nc(N(C)CCCCCCCCOc2ccc(-c3ccc(OC)cc3)cc2)nc(N(C)CCCCCCCCOc2ccc(-c3ccc(OC)cc3)cc2)n1. The normalized spacial score (nSPS) is 10.9. The van der Waals surface area contributed by atoms with Gasteiger partial charge in [-0.05, 0) is 109 Å². The summed E-state index contributed by atoms with van der Waals surface area (Å²) in [5.41, 5.74) is 5.52. The van der Waals surface area contributed by atoms with E-state index < -0.39 is 0 Å². The van der Waals surface area contributed by atoms with E-state index in [0.717, 1.165) is 80.6 Å². The van der Waals surface area contributed by atoms with Crippen molar-refractivity contribution >= 4 is 17.5 Å². The molecule has 5 aromatic rings. The number of anilines is 2. The quantitative estimate of drug-likeness (QED) is 0.0482. The second kappa shape index (κ2) is 24.4. The Kier molecular flexibility index (Phi) is 18.4. The minimum atomic E-state index is 0.662. The number of nitrogens with zero attached hydrogens (tertiary/aromatic N) is 5. The summed E-state index contributed by atoms with van der Waals surface area (Å²) in [5, 5.41) is 0. The number of hydrogen-bond donors (Lipinski definition) is 0. The fraction of sp³-hybridized carbons (Fsp3) is 0.420. The molecule has 9 nitrogen and oxygen atoms in total. The van der Waals surface area contributed by atoms with Crippen molar-refractivity contribution in [2.75, 3.05) is 64.4 Å². The number of benzene rings is 4. The number of hydrogen-bond acceptors (Lipinski definition) is 9. The Labute approximate surface area is 353 Å². The lowest BCUT2D eigenvalue weighted by molar-refractivity contribution is 0.304. The third kappa shape index (κ3) is 15.0. The smallest absolute Gasteiger partial charge is 0.230 e. The number of ether oxygens (including phenoxy) is 4. The molecule has 0 saturated carbocycles. The first-order valence-corrected chi connectivity index (χ1v) is 21.4. The van der Waals surface area contributed by atoms with E-state index in [1.165, 1.54) is 73.6 Å². The van der Waals surface area contributed by atoms with Crippen molar-refractivity contribution in [2.24, 2.45) is 0 Å². The maximum absolute atomic E-state index is 6.01. The van der Waals surface area contributed by atoms with Gasteiger partial charge in [0.25, 0.3) is 0 Å². The van der Waals surface area contributed by atoms with Gasteiger partial charge in [-0.25, -0.2) is 0 Å². The Balaban J connectivity index is 0.904. The zero-order chi connectivity index (χ0) is 41.7. The average molecular weight is 800 g/mol. The highest BCUT2D eigenvalue weighted by Crippen LogP contribution is 2.26. The Hall–Kier alpha value is -5.57. The first kappa shape index (κ1) is 44.5. The summed E-state index contributed by atoms with van der Waals surface area (Å²) < 4.78 is 22.5. The monoisotopic (exact) mass is 800 g/mol. The van der Waals surface area contributed by atoms with E-state index in [0.29, 0.717) is 17.7 Å². The molecule has 0 N–H and O–H groups in total. The zero-order valence-electron chi connectivity index (χ0n) is 36.1. The van der Waals surface area contributed by atoms with E-state index >= 15 is 0 Å². The molecule has 0 saturated heterocycles. The largest absolute Gasteiger partial charge is 0.497 e. The lowest BCUT2D eigenvalue weighted by Crippen LogP contribution is -2.26. The number of rotatable bonds is 27. The van der Waals surface area contributed by atoms with Crippen LogP contribution < -0.4 is 28.7 Å². The van der Waals surface area contributed by atoms with Crippen LogP contribution in [0, 0.1) is 0 Å². The molecular formula is C50H65N5O4. The summed E-state index contributed by atoms with van der Waals surface area (Å²) in [4.78, 5) is 18.7. The van der Waals surface area contributed by atoms with Gasteiger partial charge in [0.05, 0.1) is 27.4 Å². The summed E-state index contributed by atoms with van der Waals surface area (Å²) in [6, 6.07) is 32.9. The highest BCUT2D eigenvalue weighted by molar-refractivity contribution is 5.66. The Bertz CT molecular complexity index is 1820. The molecule has 59 heavy (non-hydrogen) atoms. The number of allylic oxidation sites excluding steroid dienone is 1. The maximum atomic E-state index is 6.01. The van der Waals surface area contributed by atoms with Crippen molar-refractivity contribution in [1.82, 2.24) is 15.0 Å². The van der Waals surface area contributed by atoms with Crippen molar-refractivity contribution in [1.29, 1.82) is 0 Å². The first-order valence-electron chi connectivity index (χ1n) is 21.4. The molecule has 0 amide bonds. The lowest BCUT2D eigenvalue weighted by Gasteiger charge is -2.22. The van der Waals surface area contributed by atoms with Gasteiger partial charge in [0.1, 0.15) is 23.0 Å². The van der Waals surface area contributed by atoms with Crippen LogP contribution in [0.25, 0.3) is 27.8 Å². The van der Waals surface area contributed by atoms with Crippen LogP contribution in [-0.2, 0) is 0 Å². The predicted octanol–water partition coefficient (Wildman–Crippen LogP) is 12.0. The Morgan fingerprint density at radius 1 is 0.441 bits per heavy atom. The van der Waals surface area contributed by atoms with Gasteiger partial charge in [-0.1, -0.05) is 106 Å².